The van der Waals surface area contributed by atoms with Crippen LogP contribution in [0.25, 0.3) is 0 Å². The highest BCUT2D eigenvalue weighted by Gasteiger charge is 2.18. The minimum absolute atomic E-state index is 0.150. The summed E-state index contributed by atoms with van der Waals surface area (Å²) in [6, 6.07) is 8.19. The molecule has 0 saturated heterocycles. The third-order valence-electron chi connectivity index (χ3n) is 2.40. The van der Waals surface area contributed by atoms with Gasteiger partial charge in [0.2, 0.25) is 0 Å². The lowest BCUT2D eigenvalue weighted by atomic mass is 10.0. The van der Waals surface area contributed by atoms with Gasteiger partial charge in [0.1, 0.15) is 0 Å². The maximum atomic E-state index is 7.27. The number of nitrogens with two attached hydrogens (primary N) is 2. The summed E-state index contributed by atoms with van der Waals surface area (Å²) >= 11 is 1.58. The molecular formula is C11H14N4S. The van der Waals surface area contributed by atoms with Gasteiger partial charge in [0.05, 0.1) is 11.9 Å². The highest BCUT2D eigenvalue weighted by Crippen LogP contribution is 2.29. The Labute approximate surface area is 98.6 Å². The van der Waals surface area contributed by atoms with Gasteiger partial charge in [-0.2, -0.15) is 0 Å². The van der Waals surface area contributed by atoms with Crippen LogP contribution < -0.4 is 11.5 Å². The van der Waals surface area contributed by atoms with Gasteiger partial charge in [-0.25, -0.2) is 0 Å². The van der Waals surface area contributed by atoms with Crippen LogP contribution in [0, 0.1) is 5.41 Å². The Morgan fingerprint density at radius 1 is 1.56 bits per heavy atom. The van der Waals surface area contributed by atoms with Gasteiger partial charge >= 0.3 is 0 Å². The van der Waals surface area contributed by atoms with Gasteiger partial charge < -0.3 is 11.5 Å². The summed E-state index contributed by atoms with van der Waals surface area (Å²) in [5, 5.41) is 7.92. The van der Waals surface area contributed by atoms with Crippen LogP contribution in [0.2, 0.25) is 0 Å². The van der Waals surface area contributed by atoms with Crippen molar-refractivity contribution >= 4 is 22.8 Å². The first-order valence-corrected chi connectivity index (χ1v) is 6.01. The summed E-state index contributed by atoms with van der Waals surface area (Å²) in [6.45, 7) is 0. The number of amidine groups is 2. The molecule has 1 aliphatic heterocycles. The zero-order valence-corrected chi connectivity index (χ0v) is 9.63. The molecule has 5 N–H and O–H groups in total. The van der Waals surface area contributed by atoms with Crippen LogP contribution in [0.4, 0.5) is 0 Å². The number of nitrogens with zero attached hydrogens (tertiary/aromatic N) is 1. The van der Waals surface area contributed by atoms with E-state index in [1.165, 1.54) is 0 Å². The molecule has 1 aliphatic rings. The van der Waals surface area contributed by atoms with E-state index >= 15 is 0 Å². The fourth-order valence-corrected chi connectivity index (χ4v) is 2.49. The number of rotatable bonds is 3. The summed E-state index contributed by atoms with van der Waals surface area (Å²) in [4.78, 5) is 4.35. The van der Waals surface area contributed by atoms with Crippen molar-refractivity contribution in [2.75, 3.05) is 5.75 Å². The van der Waals surface area contributed by atoms with Gasteiger partial charge in [0, 0.05) is 12.2 Å². The molecule has 1 unspecified atom stereocenters. The van der Waals surface area contributed by atoms with E-state index in [-0.39, 0.29) is 11.9 Å². The molecule has 1 aromatic rings. The molecule has 1 atom stereocenters. The number of aliphatic imine (C=N–C) groups is 1. The normalized spacial score (nSPS) is 19.5. The number of nitrogens with one attached hydrogen (secondary N) is 1. The second-order valence-electron chi connectivity index (χ2n) is 3.74. The Kier molecular flexibility index (Phi) is 3.14. The van der Waals surface area contributed by atoms with E-state index in [0.717, 1.165) is 16.9 Å². The summed E-state index contributed by atoms with van der Waals surface area (Å²) in [7, 11) is 0. The minimum Gasteiger partial charge on any atom is -0.387 e. The van der Waals surface area contributed by atoms with Gasteiger partial charge in [-0.15, -0.1) is 0 Å². The monoisotopic (exact) mass is 234 g/mol. The summed E-state index contributed by atoms with van der Waals surface area (Å²) in [5.41, 5.74) is 13.2. The second-order valence-corrected chi connectivity index (χ2v) is 4.78. The molecule has 0 spiro atoms. The maximum absolute atomic E-state index is 7.27. The Hall–Kier alpha value is -1.49. The van der Waals surface area contributed by atoms with E-state index in [9.17, 15) is 0 Å². The van der Waals surface area contributed by atoms with Gasteiger partial charge in [-0.05, 0) is 11.1 Å². The Morgan fingerprint density at radius 3 is 3.00 bits per heavy atom. The molecule has 1 aromatic carbocycles. The van der Waals surface area contributed by atoms with E-state index in [2.05, 4.69) is 11.1 Å². The average Bonchev–Trinajstić information content (AvgIpc) is 2.64. The second kappa shape index (κ2) is 4.57. The maximum Gasteiger partial charge on any atom is 0.154 e. The van der Waals surface area contributed by atoms with Crippen molar-refractivity contribution in [2.24, 2.45) is 16.5 Å². The van der Waals surface area contributed by atoms with Crippen LogP contribution in [-0.2, 0) is 6.42 Å². The Bertz CT molecular complexity index is 441. The predicted molar refractivity (Wildman–Crippen MR) is 68.9 cm³/mol. The van der Waals surface area contributed by atoms with E-state index in [0.29, 0.717) is 11.6 Å². The fourth-order valence-electron chi connectivity index (χ4n) is 1.69. The largest absolute Gasteiger partial charge is 0.387 e. The van der Waals surface area contributed by atoms with Gasteiger partial charge in [0.15, 0.2) is 5.17 Å². The predicted octanol–water partition coefficient (Wildman–Crippen LogP) is 1.27. The first-order valence-electron chi connectivity index (χ1n) is 5.03. The smallest absolute Gasteiger partial charge is 0.154 e. The standard InChI is InChI=1S/C11H14N4S/c12-10(13)5-7-2-1-3-8(4-7)9-6-16-11(14)15-9/h1-4,9H,5-6H2,(H3,12,13)(H2,14,15). The molecule has 0 radical (unpaired) electrons. The molecule has 4 nitrogen and oxygen atoms in total. The van der Waals surface area contributed by atoms with Crippen LogP contribution in [0.3, 0.4) is 0 Å². The van der Waals surface area contributed by atoms with Crippen LogP contribution >= 0.6 is 11.8 Å². The summed E-state index contributed by atoms with van der Waals surface area (Å²) < 4.78 is 0. The zero-order chi connectivity index (χ0) is 11.5. The van der Waals surface area contributed by atoms with Crippen molar-refractivity contribution in [3.05, 3.63) is 35.4 Å². The van der Waals surface area contributed by atoms with Crippen LogP contribution in [-0.4, -0.2) is 16.8 Å². The molecule has 0 saturated carbocycles. The van der Waals surface area contributed by atoms with Crippen molar-refractivity contribution < 1.29 is 0 Å². The first kappa shape index (κ1) is 11.0. The van der Waals surface area contributed by atoms with Crippen molar-refractivity contribution in [1.29, 1.82) is 5.41 Å². The van der Waals surface area contributed by atoms with Gasteiger partial charge in [-0.3, -0.25) is 10.4 Å². The van der Waals surface area contributed by atoms with Crippen LogP contribution in [0.15, 0.2) is 29.3 Å². The molecule has 1 heterocycles. The third kappa shape index (κ3) is 2.55. The number of benzene rings is 1. The van der Waals surface area contributed by atoms with Crippen molar-refractivity contribution in [1.82, 2.24) is 0 Å². The Morgan fingerprint density at radius 2 is 2.38 bits per heavy atom. The number of hydrogen-bond donors (Lipinski definition) is 3. The molecule has 2 rings (SSSR count). The van der Waals surface area contributed by atoms with E-state index < -0.39 is 0 Å². The molecular weight excluding hydrogens is 220 g/mol. The van der Waals surface area contributed by atoms with E-state index in [1.54, 1.807) is 11.8 Å². The number of thioether (sulfide) groups is 1. The quantitative estimate of drug-likeness (QED) is 0.543. The molecule has 0 aromatic heterocycles. The molecule has 84 valence electrons. The van der Waals surface area contributed by atoms with Crippen molar-refractivity contribution in [3.63, 3.8) is 0 Å². The van der Waals surface area contributed by atoms with Gasteiger partial charge in [-0.1, -0.05) is 36.0 Å². The SMILES string of the molecule is N=C(N)Cc1cccc(C2CSC(N)=N2)c1. The van der Waals surface area contributed by atoms with Crippen molar-refractivity contribution in [2.45, 2.75) is 12.5 Å². The minimum atomic E-state index is 0.150. The average molecular weight is 234 g/mol. The van der Waals surface area contributed by atoms with Gasteiger partial charge in [0.25, 0.3) is 0 Å². The van der Waals surface area contributed by atoms with Crippen LogP contribution in [0.5, 0.6) is 0 Å². The van der Waals surface area contributed by atoms with E-state index in [4.69, 9.17) is 16.9 Å². The van der Waals surface area contributed by atoms with Crippen LogP contribution in [0.1, 0.15) is 17.2 Å². The highest BCUT2D eigenvalue weighted by molar-refractivity contribution is 8.14. The summed E-state index contributed by atoms with van der Waals surface area (Å²) in [6.07, 6.45) is 0.493. The third-order valence-corrected chi connectivity index (χ3v) is 3.29. The first-order chi connectivity index (χ1) is 7.65. The molecule has 0 amide bonds. The number of hydrogen-bond acceptors (Lipinski definition) is 4. The topological polar surface area (TPSA) is 88.2 Å². The molecule has 5 heteroatoms. The highest BCUT2D eigenvalue weighted by atomic mass is 32.2. The molecule has 0 fully saturated rings. The molecule has 16 heavy (non-hydrogen) atoms. The van der Waals surface area contributed by atoms with E-state index in [1.807, 2.05) is 18.2 Å². The Balaban J connectivity index is 2.19. The lowest BCUT2D eigenvalue weighted by Gasteiger charge is -2.08. The lowest BCUT2D eigenvalue weighted by Crippen LogP contribution is -2.12. The summed E-state index contributed by atoms with van der Waals surface area (Å²) in [5.74, 6) is 1.08. The zero-order valence-electron chi connectivity index (χ0n) is 8.81. The van der Waals surface area contributed by atoms with Crippen molar-refractivity contribution in [3.8, 4) is 0 Å². The fraction of sp³-hybridized carbons (Fsp3) is 0.273. The molecule has 0 bridgehead atoms. The lowest BCUT2D eigenvalue weighted by molar-refractivity contribution is 0.846. The molecule has 0 aliphatic carbocycles.